The highest BCUT2D eigenvalue weighted by atomic mass is 16.5. The minimum Gasteiger partial charge on any atom is -0.497 e. The van der Waals surface area contributed by atoms with Crippen LogP contribution in [0.2, 0.25) is 0 Å². The van der Waals surface area contributed by atoms with E-state index in [1.54, 1.807) is 7.11 Å². The molecule has 1 saturated carbocycles. The molecule has 1 atom stereocenters. The summed E-state index contributed by atoms with van der Waals surface area (Å²) in [5.74, 6) is 1.43. The van der Waals surface area contributed by atoms with Gasteiger partial charge in [-0.3, -0.25) is 4.79 Å². The molecule has 0 unspecified atom stereocenters. The number of ether oxygens (including phenoxy) is 1. The van der Waals surface area contributed by atoms with E-state index < -0.39 is 0 Å². The topological polar surface area (TPSA) is 38.3 Å². The van der Waals surface area contributed by atoms with Gasteiger partial charge in [-0.25, -0.2) is 0 Å². The van der Waals surface area contributed by atoms with Gasteiger partial charge in [-0.2, -0.15) is 0 Å². The fourth-order valence-electron chi connectivity index (χ4n) is 2.76. The summed E-state index contributed by atoms with van der Waals surface area (Å²) in [5.41, 5.74) is 2.17. The van der Waals surface area contributed by atoms with Gasteiger partial charge >= 0.3 is 0 Å². The Morgan fingerprint density at radius 2 is 1.95 bits per heavy atom. The van der Waals surface area contributed by atoms with Gasteiger partial charge in [0.05, 0.1) is 19.6 Å². The molecule has 2 aromatic carbocycles. The molecule has 3 heteroatoms. The first kappa shape index (κ1) is 14.6. The Bertz CT molecular complexity index is 635. The number of hydrogen-bond acceptors (Lipinski definition) is 2. The van der Waals surface area contributed by atoms with Crippen molar-refractivity contribution >= 4 is 5.91 Å². The molecule has 0 heterocycles. The maximum atomic E-state index is 12.4. The van der Waals surface area contributed by atoms with Crippen LogP contribution in [0.1, 0.15) is 30.0 Å². The summed E-state index contributed by atoms with van der Waals surface area (Å²) in [6.45, 7) is 0. The summed E-state index contributed by atoms with van der Waals surface area (Å²) in [7, 11) is 1.64. The first-order chi connectivity index (χ1) is 10.8. The third-order valence-corrected chi connectivity index (χ3v) is 4.07. The average molecular weight is 295 g/mol. The van der Waals surface area contributed by atoms with E-state index in [0.29, 0.717) is 12.3 Å². The third-order valence-electron chi connectivity index (χ3n) is 4.07. The van der Waals surface area contributed by atoms with Crippen molar-refractivity contribution in [3.05, 3.63) is 65.7 Å². The minimum absolute atomic E-state index is 0.0639. The van der Waals surface area contributed by atoms with Crippen LogP contribution in [0.3, 0.4) is 0 Å². The second-order valence-electron chi connectivity index (χ2n) is 5.82. The Kier molecular flexibility index (Phi) is 4.42. The zero-order valence-corrected chi connectivity index (χ0v) is 12.8. The van der Waals surface area contributed by atoms with Crippen LogP contribution >= 0.6 is 0 Å². The number of nitrogens with one attached hydrogen (secondary N) is 1. The number of carbonyl (C=O) groups excluding carboxylic acids is 1. The van der Waals surface area contributed by atoms with E-state index in [9.17, 15) is 4.79 Å². The van der Waals surface area contributed by atoms with E-state index in [-0.39, 0.29) is 11.9 Å². The van der Waals surface area contributed by atoms with Crippen LogP contribution in [-0.4, -0.2) is 13.0 Å². The number of benzene rings is 2. The van der Waals surface area contributed by atoms with Gasteiger partial charge in [0.25, 0.3) is 0 Å². The standard InChI is InChI=1S/C19H21NO2/c1-22-17-9-5-6-14(12-17)13-18(21)20-19(16-10-11-16)15-7-3-2-4-8-15/h2-9,12,16,19H,10-11,13H2,1H3,(H,20,21)/t19-/m1/s1. The highest BCUT2D eigenvalue weighted by molar-refractivity contribution is 5.79. The summed E-state index contributed by atoms with van der Waals surface area (Å²) in [5, 5.41) is 3.20. The van der Waals surface area contributed by atoms with Crippen molar-refractivity contribution < 1.29 is 9.53 Å². The maximum absolute atomic E-state index is 12.4. The first-order valence-corrected chi connectivity index (χ1v) is 7.73. The lowest BCUT2D eigenvalue weighted by molar-refractivity contribution is -0.121. The largest absolute Gasteiger partial charge is 0.497 e. The van der Waals surface area contributed by atoms with Crippen LogP contribution < -0.4 is 10.1 Å². The summed E-state index contributed by atoms with van der Waals surface area (Å²) in [6, 6.07) is 18.0. The van der Waals surface area contributed by atoms with E-state index in [2.05, 4.69) is 17.4 Å². The SMILES string of the molecule is COc1cccc(CC(=O)N[C@H](c2ccccc2)C2CC2)c1. The molecule has 1 N–H and O–H groups in total. The van der Waals surface area contributed by atoms with Crippen molar-refractivity contribution in [1.29, 1.82) is 0 Å². The van der Waals surface area contributed by atoms with Gasteiger partial charge in [0.2, 0.25) is 5.91 Å². The molecule has 1 amide bonds. The lowest BCUT2D eigenvalue weighted by Crippen LogP contribution is -2.31. The third kappa shape index (κ3) is 3.67. The second kappa shape index (κ2) is 6.65. The van der Waals surface area contributed by atoms with E-state index in [4.69, 9.17) is 4.74 Å². The lowest BCUT2D eigenvalue weighted by atomic mass is 10.0. The zero-order valence-electron chi connectivity index (χ0n) is 12.8. The van der Waals surface area contributed by atoms with Crippen LogP contribution in [0.5, 0.6) is 5.75 Å². The Hall–Kier alpha value is -2.29. The molecular weight excluding hydrogens is 274 g/mol. The molecule has 0 spiro atoms. The van der Waals surface area contributed by atoms with Gasteiger partial charge in [-0.05, 0) is 42.0 Å². The molecule has 0 saturated heterocycles. The summed E-state index contributed by atoms with van der Waals surface area (Å²) in [6.07, 6.45) is 2.77. The Balaban J connectivity index is 1.66. The summed E-state index contributed by atoms with van der Waals surface area (Å²) >= 11 is 0. The summed E-state index contributed by atoms with van der Waals surface area (Å²) in [4.78, 5) is 12.4. The highest BCUT2D eigenvalue weighted by Crippen LogP contribution is 2.40. The lowest BCUT2D eigenvalue weighted by Gasteiger charge is -2.19. The molecule has 114 valence electrons. The van der Waals surface area contributed by atoms with Gasteiger partial charge in [0, 0.05) is 0 Å². The molecule has 0 aliphatic heterocycles. The van der Waals surface area contributed by atoms with E-state index in [0.717, 1.165) is 11.3 Å². The van der Waals surface area contributed by atoms with Crippen LogP contribution in [0.15, 0.2) is 54.6 Å². The predicted octanol–water partition coefficient (Wildman–Crippen LogP) is 3.51. The van der Waals surface area contributed by atoms with Gasteiger partial charge in [0.15, 0.2) is 0 Å². The van der Waals surface area contributed by atoms with Crippen LogP contribution in [-0.2, 0) is 11.2 Å². The molecule has 1 aliphatic rings. The predicted molar refractivity (Wildman–Crippen MR) is 86.7 cm³/mol. The smallest absolute Gasteiger partial charge is 0.224 e. The monoisotopic (exact) mass is 295 g/mol. The van der Waals surface area contributed by atoms with Crippen LogP contribution in [0.25, 0.3) is 0 Å². The van der Waals surface area contributed by atoms with Crippen molar-refractivity contribution in [3.8, 4) is 5.75 Å². The van der Waals surface area contributed by atoms with Crippen molar-refractivity contribution in [2.75, 3.05) is 7.11 Å². The van der Waals surface area contributed by atoms with Crippen molar-refractivity contribution in [2.45, 2.75) is 25.3 Å². The fraction of sp³-hybridized carbons (Fsp3) is 0.316. The summed E-state index contributed by atoms with van der Waals surface area (Å²) < 4.78 is 5.20. The average Bonchev–Trinajstić information content (AvgIpc) is 3.38. The number of methoxy groups -OCH3 is 1. The molecule has 3 rings (SSSR count). The Morgan fingerprint density at radius 3 is 2.64 bits per heavy atom. The minimum atomic E-state index is 0.0639. The van der Waals surface area contributed by atoms with Gasteiger partial charge in [0.1, 0.15) is 5.75 Å². The van der Waals surface area contributed by atoms with E-state index in [1.807, 2.05) is 42.5 Å². The van der Waals surface area contributed by atoms with Crippen molar-refractivity contribution in [1.82, 2.24) is 5.32 Å². The Labute approximate surface area is 131 Å². The molecule has 1 fully saturated rings. The molecule has 0 aromatic heterocycles. The van der Waals surface area contributed by atoms with Crippen LogP contribution in [0, 0.1) is 5.92 Å². The molecule has 22 heavy (non-hydrogen) atoms. The zero-order chi connectivity index (χ0) is 15.4. The normalized spacial score (nSPS) is 15.1. The van der Waals surface area contributed by atoms with Crippen LogP contribution in [0.4, 0.5) is 0 Å². The van der Waals surface area contributed by atoms with E-state index >= 15 is 0 Å². The molecule has 0 radical (unpaired) electrons. The molecular formula is C19H21NO2. The number of carbonyl (C=O) groups is 1. The van der Waals surface area contributed by atoms with E-state index in [1.165, 1.54) is 18.4 Å². The number of amides is 1. The molecule has 0 bridgehead atoms. The number of rotatable bonds is 6. The quantitative estimate of drug-likeness (QED) is 0.885. The van der Waals surface area contributed by atoms with Gasteiger partial charge in [-0.15, -0.1) is 0 Å². The molecule has 1 aliphatic carbocycles. The van der Waals surface area contributed by atoms with Crippen molar-refractivity contribution in [2.24, 2.45) is 5.92 Å². The fourth-order valence-corrected chi connectivity index (χ4v) is 2.76. The second-order valence-corrected chi connectivity index (χ2v) is 5.82. The molecule has 3 nitrogen and oxygen atoms in total. The van der Waals surface area contributed by atoms with Gasteiger partial charge in [-0.1, -0.05) is 42.5 Å². The number of hydrogen-bond donors (Lipinski definition) is 1. The highest BCUT2D eigenvalue weighted by Gasteiger charge is 2.33. The molecule has 2 aromatic rings. The maximum Gasteiger partial charge on any atom is 0.224 e. The van der Waals surface area contributed by atoms with Gasteiger partial charge < -0.3 is 10.1 Å². The first-order valence-electron chi connectivity index (χ1n) is 7.73. The Morgan fingerprint density at radius 1 is 1.18 bits per heavy atom. The van der Waals surface area contributed by atoms with Crippen molar-refractivity contribution in [3.63, 3.8) is 0 Å².